The molecule has 0 saturated carbocycles. The Bertz CT molecular complexity index is 214. The minimum absolute atomic E-state index is 0. The molecule has 84 valence electrons. The smallest absolute Gasteiger partial charge is 0.0257 e. The third-order valence-corrected chi connectivity index (χ3v) is 2.63. The molecule has 0 heteroatoms. The Morgan fingerprint density at radius 2 is 1.36 bits per heavy atom. The Labute approximate surface area is 91.1 Å². The van der Waals surface area contributed by atoms with E-state index in [1.807, 2.05) is 0 Å². The summed E-state index contributed by atoms with van der Waals surface area (Å²) in [6.45, 7) is 15.6. The first-order valence-electron chi connectivity index (χ1n) is 5.22. The van der Waals surface area contributed by atoms with Crippen LogP contribution in [0.4, 0.5) is 0 Å². The number of hydrogen-bond acceptors (Lipinski definition) is 0. The molecule has 0 bridgehead atoms. The van der Waals surface area contributed by atoms with Crippen molar-refractivity contribution in [2.75, 3.05) is 0 Å². The van der Waals surface area contributed by atoms with Crippen molar-refractivity contribution in [3.05, 3.63) is 22.8 Å². The molecule has 0 aliphatic carbocycles. The highest BCUT2D eigenvalue weighted by Crippen LogP contribution is 2.20. The van der Waals surface area contributed by atoms with Crippen molar-refractivity contribution < 1.29 is 0 Å². The minimum Gasteiger partial charge on any atom is -0.0788 e. The van der Waals surface area contributed by atoms with Gasteiger partial charge in [0.05, 0.1) is 0 Å². The lowest BCUT2D eigenvalue weighted by atomic mass is 9.94. The fourth-order valence-corrected chi connectivity index (χ4v) is 1.37. The normalized spacial score (nSPS) is 14.2. The molecule has 0 unspecified atom stereocenters. The van der Waals surface area contributed by atoms with Gasteiger partial charge in [-0.25, -0.2) is 0 Å². The van der Waals surface area contributed by atoms with Crippen LogP contribution in [0.3, 0.4) is 0 Å². The van der Waals surface area contributed by atoms with Crippen LogP contribution in [0.2, 0.25) is 0 Å². The third kappa shape index (κ3) is 5.26. The van der Waals surface area contributed by atoms with Crippen molar-refractivity contribution in [1.82, 2.24) is 0 Å². The second-order valence-corrected chi connectivity index (χ2v) is 4.56. The Morgan fingerprint density at radius 1 is 0.929 bits per heavy atom. The van der Waals surface area contributed by atoms with Crippen LogP contribution < -0.4 is 0 Å². The van der Waals surface area contributed by atoms with Crippen LogP contribution in [0.15, 0.2) is 22.8 Å². The predicted molar refractivity (Wildman–Crippen MR) is 68.5 cm³/mol. The van der Waals surface area contributed by atoms with Gasteiger partial charge in [-0.3, -0.25) is 0 Å². The molecule has 0 aromatic heterocycles. The van der Waals surface area contributed by atoms with Crippen LogP contribution >= 0.6 is 0 Å². The summed E-state index contributed by atoms with van der Waals surface area (Å²) < 4.78 is 0. The van der Waals surface area contributed by atoms with E-state index in [1.54, 1.807) is 0 Å². The average Bonchev–Trinajstić information content (AvgIpc) is 2.00. The van der Waals surface area contributed by atoms with E-state index in [4.69, 9.17) is 0 Å². The van der Waals surface area contributed by atoms with E-state index in [0.717, 1.165) is 0 Å². The maximum atomic E-state index is 2.33. The molecule has 0 amide bonds. The van der Waals surface area contributed by atoms with Crippen molar-refractivity contribution in [2.45, 2.75) is 55.9 Å². The fourth-order valence-electron chi connectivity index (χ4n) is 1.37. The van der Waals surface area contributed by atoms with Gasteiger partial charge >= 0.3 is 0 Å². The number of allylic oxidation sites excluding steroid dienone is 4. The van der Waals surface area contributed by atoms with Crippen LogP contribution in [0.1, 0.15) is 55.9 Å². The summed E-state index contributed by atoms with van der Waals surface area (Å²) in [6, 6.07) is 0. The van der Waals surface area contributed by atoms with E-state index in [0.29, 0.717) is 11.8 Å². The van der Waals surface area contributed by atoms with Crippen LogP contribution in [0.25, 0.3) is 0 Å². The first-order valence-corrected chi connectivity index (χ1v) is 5.22. The second kappa shape index (κ2) is 6.86. The monoisotopic (exact) mass is 196 g/mol. The van der Waals surface area contributed by atoms with Gasteiger partial charge in [-0.05, 0) is 38.2 Å². The molecule has 0 nitrogen and oxygen atoms in total. The Morgan fingerprint density at radius 3 is 1.64 bits per heavy atom. The molecule has 0 N–H and O–H groups in total. The second-order valence-electron chi connectivity index (χ2n) is 4.56. The summed E-state index contributed by atoms with van der Waals surface area (Å²) in [5, 5.41) is 0. The summed E-state index contributed by atoms with van der Waals surface area (Å²) in [5.41, 5.74) is 4.40. The Hall–Kier alpha value is -0.520. The molecular formula is C14H28. The zero-order valence-electron chi connectivity index (χ0n) is 10.2. The van der Waals surface area contributed by atoms with Gasteiger partial charge < -0.3 is 0 Å². The maximum absolute atomic E-state index is 2.33. The first-order chi connectivity index (χ1) is 5.86. The Balaban J connectivity index is 0. The molecule has 0 saturated heterocycles. The van der Waals surface area contributed by atoms with Gasteiger partial charge in [0.25, 0.3) is 0 Å². The zero-order chi connectivity index (χ0) is 10.6. The van der Waals surface area contributed by atoms with Gasteiger partial charge in [0.1, 0.15) is 0 Å². The van der Waals surface area contributed by atoms with Gasteiger partial charge in [-0.2, -0.15) is 0 Å². The van der Waals surface area contributed by atoms with E-state index in [-0.39, 0.29) is 7.43 Å². The first kappa shape index (κ1) is 15.9. The lowest BCUT2D eigenvalue weighted by Gasteiger charge is -2.12. The predicted octanol–water partition coefficient (Wildman–Crippen LogP) is 5.22. The highest BCUT2D eigenvalue weighted by atomic mass is 14.1. The van der Waals surface area contributed by atoms with Crippen LogP contribution in [-0.2, 0) is 0 Å². The summed E-state index contributed by atoms with van der Waals surface area (Å²) in [5.74, 6) is 1.31. The summed E-state index contributed by atoms with van der Waals surface area (Å²) in [4.78, 5) is 0. The van der Waals surface area contributed by atoms with Crippen molar-refractivity contribution in [3.8, 4) is 0 Å². The SMILES string of the molecule is C.CC(=C/C(C)C)/C(C)=C(/C)C(C)C. The van der Waals surface area contributed by atoms with Gasteiger partial charge in [0.2, 0.25) is 0 Å². The van der Waals surface area contributed by atoms with Crippen molar-refractivity contribution in [1.29, 1.82) is 0 Å². The van der Waals surface area contributed by atoms with Crippen molar-refractivity contribution in [3.63, 3.8) is 0 Å². The minimum atomic E-state index is 0. The molecule has 0 aliphatic heterocycles. The van der Waals surface area contributed by atoms with E-state index in [1.165, 1.54) is 16.7 Å². The van der Waals surface area contributed by atoms with E-state index >= 15 is 0 Å². The molecule has 14 heavy (non-hydrogen) atoms. The molecule has 0 radical (unpaired) electrons. The molecule has 0 spiro atoms. The summed E-state index contributed by atoms with van der Waals surface area (Å²) >= 11 is 0. The number of rotatable bonds is 3. The molecule has 0 atom stereocenters. The highest BCUT2D eigenvalue weighted by Gasteiger charge is 2.03. The largest absolute Gasteiger partial charge is 0.0788 e. The molecule has 0 aromatic carbocycles. The molecule has 0 aliphatic rings. The van der Waals surface area contributed by atoms with Crippen LogP contribution in [0, 0.1) is 11.8 Å². The van der Waals surface area contributed by atoms with Crippen molar-refractivity contribution >= 4 is 0 Å². The highest BCUT2D eigenvalue weighted by molar-refractivity contribution is 5.32. The molecular weight excluding hydrogens is 168 g/mol. The van der Waals surface area contributed by atoms with Crippen molar-refractivity contribution in [2.24, 2.45) is 11.8 Å². The molecule has 0 heterocycles. The van der Waals surface area contributed by atoms with Crippen LogP contribution in [-0.4, -0.2) is 0 Å². The topological polar surface area (TPSA) is 0 Å². The van der Waals surface area contributed by atoms with Crippen LogP contribution in [0.5, 0.6) is 0 Å². The van der Waals surface area contributed by atoms with E-state index < -0.39 is 0 Å². The van der Waals surface area contributed by atoms with Gasteiger partial charge in [-0.15, -0.1) is 0 Å². The average molecular weight is 196 g/mol. The number of hydrogen-bond donors (Lipinski definition) is 0. The third-order valence-electron chi connectivity index (χ3n) is 2.63. The fraction of sp³-hybridized carbons (Fsp3) is 0.714. The Kier molecular flexibility index (Phi) is 7.81. The molecule has 0 fully saturated rings. The zero-order valence-corrected chi connectivity index (χ0v) is 10.2. The van der Waals surface area contributed by atoms with Gasteiger partial charge in [-0.1, -0.05) is 52.3 Å². The van der Waals surface area contributed by atoms with Gasteiger partial charge in [0, 0.05) is 0 Å². The molecule has 0 aromatic rings. The van der Waals surface area contributed by atoms with E-state index in [9.17, 15) is 0 Å². The maximum Gasteiger partial charge on any atom is -0.0257 e. The van der Waals surface area contributed by atoms with E-state index in [2.05, 4.69) is 54.5 Å². The summed E-state index contributed by atoms with van der Waals surface area (Å²) in [7, 11) is 0. The van der Waals surface area contributed by atoms with Gasteiger partial charge in [0.15, 0.2) is 0 Å². The lowest BCUT2D eigenvalue weighted by molar-refractivity contribution is 0.755. The lowest BCUT2D eigenvalue weighted by Crippen LogP contribution is -1.95. The standard InChI is InChI=1S/C13H24.CH4/c1-9(2)8-11(5)13(7)12(6)10(3)4;/h8-10H,1-7H3;1H4/b11-8-,13-12-;. The molecule has 0 rings (SSSR count). The summed E-state index contributed by atoms with van der Waals surface area (Å²) in [6.07, 6.45) is 2.33. The quantitative estimate of drug-likeness (QED) is 0.543.